The number of rotatable bonds is 5. The SMILES string of the molecule is CCn1c(-c2ccc(OC)cc2)nn(CN2CCc3sccc3[C@H]2C)c1=S. The summed E-state index contributed by atoms with van der Waals surface area (Å²) in [6.45, 7) is 6.93. The van der Waals surface area contributed by atoms with Crippen LogP contribution in [0.2, 0.25) is 0 Å². The lowest BCUT2D eigenvalue weighted by Gasteiger charge is -2.33. The molecule has 0 spiro atoms. The Bertz CT molecular complexity index is 986. The topological polar surface area (TPSA) is 35.2 Å². The highest BCUT2D eigenvalue weighted by Crippen LogP contribution is 2.33. The molecule has 7 heteroatoms. The van der Waals surface area contributed by atoms with Crippen molar-refractivity contribution in [3.8, 4) is 17.1 Å². The van der Waals surface area contributed by atoms with Crippen LogP contribution in [-0.4, -0.2) is 32.9 Å². The van der Waals surface area contributed by atoms with Crippen LogP contribution < -0.4 is 4.74 Å². The summed E-state index contributed by atoms with van der Waals surface area (Å²) in [4.78, 5) is 3.97. The van der Waals surface area contributed by atoms with Crippen LogP contribution in [0.3, 0.4) is 0 Å². The third-order valence-electron chi connectivity index (χ3n) is 5.31. The van der Waals surface area contributed by atoms with Gasteiger partial charge in [-0.15, -0.1) is 11.3 Å². The minimum Gasteiger partial charge on any atom is -0.497 e. The van der Waals surface area contributed by atoms with E-state index in [0.29, 0.717) is 12.7 Å². The summed E-state index contributed by atoms with van der Waals surface area (Å²) < 4.78 is 10.1. The fourth-order valence-corrected chi connectivity index (χ4v) is 4.98. The van der Waals surface area contributed by atoms with E-state index in [0.717, 1.165) is 41.4 Å². The summed E-state index contributed by atoms with van der Waals surface area (Å²) in [7, 11) is 1.68. The molecule has 0 radical (unpaired) electrons. The second kappa shape index (κ2) is 7.58. The van der Waals surface area contributed by atoms with Gasteiger partial charge in [-0.2, -0.15) is 5.10 Å². The van der Waals surface area contributed by atoms with Gasteiger partial charge in [-0.1, -0.05) is 0 Å². The van der Waals surface area contributed by atoms with Crippen LogP contribution in [0.25, 0.3) is 11.4 Å². The van der Waals surface area contributed by atoms with Gasteiger partial charge < -0.3 is 9.30 Å². The largest absolute Gasteiger partial charge is 0.497 e. The number of thiophene rings is 1. The van der Waals surface area contributed by atoms with Gasteiger partial charge in [-0.05, 0) is 73.8 Å². The van der Waals surface area contributed by atoms with Crippen LogP contribution >= 0.6 is 23.6 Å². The summed E-state index contributed by atoms with van der Waals surface area (Å²) in [5.74, 6) is 1.75. The molecular formula is C20H24N4OS2. The second-order valence-corrected chi connectivity index (χ2v) is 8.12. The van der Waals surface area contributed by atoms with E-state index in [-0.39, 0.29) is 0 Å². The Labute approximate surface area is 168 Å². The van der Waals surface area contributed by atoms with E-state index in [1.54, 1.807) is 7.11 Å². The number of hydrogen-bond donors (Lipinski definition) is 0. The summed E-state index contributed by atoms with van der Waals surface area (Å²) in [6, 6.07) is 10.6. The summed E-state index contributed by atoms with van der Waals surface area (Å²) in [5.41, 5.74) is 2.50. The van der Waals surface area contributed by atoms with Crippen LogP contribution in [-0.2, 0) is 19.6 Å². The van der Waals surface area contributed by atoms with Crippen molar-refractivity contribution < 1.29 is 4.74 Å². The van der Waals surface area contributed by atoms with E-state index in [2.05, 4.69) is 34.8 Å². The van der Waals surface area contributed by atoms with Crippen LogP contribution in [0.15, 0.2) is 35.7 Å². The van der Waals surface area contributed by atoms with E-state index < -0.39 is 0 Å². The highest BCUT2D eigenvalue weighted by atomic mass is 32.1. The first kappa shape index (κ1) is 18.4. The first-order valence-electron chi connectivity index (χ1n) is 9.24. The average Bonchev–Trinajstić information content (AvgIpc) is 3.29. The molecule has 1 aliphatic rings. The minimum atomic E-state index is 0.387. The van der Waals surface area contributed by atoms with E-state index in [1.165, 1.54) is 10.4 Å². The molecule has 5 nitrogen and oxygen atoms in total. The fraction of sp³-hybridized carbons (Fsp3) is 0.400. The molecule has 0 N–H and O–H groups in total. The molecule has 0 fully saturated rings. The summed E-state index contributed by atoms with van der Waals surface area (Å²) in [5, 5.41) is 7.07. The Morgan fingerprint density at radius 2 is 2.04 bits per heavy atom. The molecule has 3 aromatic rings. The highest BCUT2D eigenvalue weighted by Gasteiger charge is 2.25. The van der Waals surface area contributed by atoms with Crippen LogP contribution in [0.1, 0.15) is 30.3 Å². The van der Waals surface area contributed by atoms with Gasteiger partial charge in [0.25, 0.3) is 0 Å². The van der Waals surface area contributed by atoms with E-state index in [1.807, 2.05) is 40.3 Å². The lowest BCUT2D eigenvalue weighted by molar-refractivity contribution is 0.144. The van der Waals surface area contributed by atoms with Gasteiger partial charge in [-0.25, -0.2) is 4.68 Å². The Hall–Kier alpha value is -1.96. The molecule has 1 aromatic carbocycles. The molecule has 2 aromatic heterocycles. The highest BCUT2D eigenvalue weighted by molar-refractivity contribution is 7.71. The standard InChI is InChI=1S/C20H24N4OS2/c1-4-23-19(15-5-7-16(25-3)8-6-15)21-24(20(23)26)13-22-11-9-18-17(14(22)2)10-12-27-18/h5-8,10,12,14H,4,9,11,13H2,1-3H3/t14-/m1/s1. The maximum atomic E-state index is 5.74. The van der Waals surface area contributed by atoms with Crippen molar-refractivity contribution in [2.45, 2.75) is 39.5 Å². The molecule has 0 saturated carbocycles. The normalized spacial score (nSPS) is 17.1. The summed E-state index contributed by atoms with van der Waals surface area (Å²) >= 11 is 7.61. The van der Waals surface area contributed by atoms with Gasteiger partial charge in [-0.3, -0.25) is 4.90 Å². The Morgan fingerprint density at radius 1 is 1.26 bits per heavy atom. The number of fused-ring (bicyclic) bond motifs is 1. The van der Waals surface area contributed by atoms with Crippen molar-refractivity contribution in [1.29, 1.82) is 0 Å². The lowest BCUT2D eigenvalue weighted by atomic mass is 10.0. The van der Waals surface area contributed by atoms with Crippen molar-refractivity contribution in [1.82, 2.24) is 19.2 Å². The van der Waals surface area contributed by atoms with Gasteiger partial charge in [0.15, 0.2) is 10.6 Å². The Kier molecular flexibility index (Phi) is 5.16. The molecule has 0 saturated heterocycles. The van der Waals surface area contributed by atoms with Gasteiger partial charge in [0.2, 0.25) is 0 Å². The average molecular weight is 401 g/mol. The van der Waals surface area contributed by atoms with Gasteiger partial charge >= 0.3 is 0 Å². The molecule has 3 heterocycles. The van der Waals surface area contributed by atoms with E-state index in [9.17, 15) is 0 Å². The van der Waals surface area contributed by atoms with Gasteiger partial charge in [0, 0.05) is 29.6 Å². The third-order valence-corrected chi connectivity index (χ3v) is 6.73. The predicted molar refractivity (Wildman–Crippen MR) is 112 cm³/mol. The minimum absolute atomic E-state index is 0.387. The fourth-order valence-electron chi connectivity index (χ4n) is 3.70. The Balaban J connectivity index is 1.64. The number of methoxy groups -OCH3 is 1. The van der Waals surface area contributed by atoms with Gasteiger partial charge in [0.1, 0.15) is 5.75 Å². The third kappa shape index (κ3) is 3.35. The first-order valence-corrected chi connectivity index (χ1v) is 10.5. The number of nitrogens with zero attached hydrogens (tertiary/aromatic N) is 4. The zero-order valence-electron chi connectivity index (χ0n) is 15.9. The maximum absolute atomic E-state index is 5.74. The lowest BCUT2D eigenvalue weighted by Crippen LogP contribution is -2.35. The van der Waals surface area contributed by atoms with Crippen molar-refractivity contribution in [3.63, 3.8) is 0 Å². The van der Waals surface area contributed by atoms with E-state index >= 15 is 0 Å². The van der Waals surface area contributed by atoms with Crippen LogP contribution in [0, 0.1) is 4.77 Å². The summed E-state index contributed by atoms with van der Waals surface area (Å²) in [6.07, 6.45) is 1.10. The molecule has 4 rings (SSSR count). The van der Waals surface area contributed by atoms with Crippen molar-refractivity contribution in [2.75, 3.05) is 13.7 Å². The molecular weight excluding hydrogens is 376 g/mol. The van der Waals surface area contributed by atoms with Crippen molar-refractivity contribution in [2.24, 2.45) is 0 Å². The van der Waals surface area contributed by atoms with E-state index in [4.69, 9.17) is 22.1 Å². The molecule has 0 aliphatic carbocycles. The number of benzene rings is 1. The molecule has 1 atom stereocenters. The first-order chi connectivity index (χ1) is 13.1. The molecule has 0 bridgehead atoms. The molecule has 142 valence electrons. The molecule has 0 unspecified atom stereocenters. The van der Waals surface area contributed by atoms with Crippen molar-refractivity contribution in [3.05, 3.63) is 50.9 Å². The van der Waals surface area contributed by atoms with Gasteiger partial charge in [0.05, 0.1) is 13.8 Å². The van der Waals surface area contributed by atoms with Crippen LogP contribution in [0.4, 0.5) is 0 Å². The number of aromatic nitrogens is 3. The second-order valence-electron chi connectivity index (χ2n) is 6.76. The van der Waals surface area contributed by atoms with Crippen LogP contribution in [0.5, 0.6) is 5.75 Å². The smallest absolute Gasteiger partial charge is 0.199 e. The number of hydrogen-bond acceptors (Lipinski definition) is 5. The quantitative estimate of drug-likeness (QED) is 0.579. The predicted octanol–water partition coefficient (Wildman–Crippen LogP) is 4.75. The molecule has 1 aliphatic heterocycles. The zero-order chi connectivity index (χ0) is 19.0. The monoisotopic (exact) mass is 400 g/mol. The van der Waals surface area contributed by atoms with Crippen molar-refractivity contribution >= 4 is 23.6 Å². The molecule has 27 heavy (non-hydrogen) atoms. The molecule has 0 amide bonds. The number of ether oxygens (including phenoxy) is 1. The zero-order valence-corrected chi connectivity index (χ0v) is 17.5. The maximum Gasteiger partial charge on any atom is 0.199 e. The Morgan fingerprint density at radius 3 is 2.74 bits per heavy atom.